The summed E-state index contributed by atoms with van der Waals surface area (Å²) in [5, 5.41) is 0. The predicted molar refractivity (Wildman–Crippen MR) is 54.2 cm³/mol. The first kappa shape index (κ1) is 9.74. The van der Waals surface area contributed by atoms with Gasteiger partial charge in [-0.3, -0.25) is 0 Å². The summed E-state index contributed by atoms with van der Waals surface area (Å²) in [6, 6.07) is 0. The van der Waals surface area contributed by atoms with E-state index >= 15 is 0 Å². The minimum absolute atomic E-state index is 0.185. The van der Waals surface area contributed by atoms with Gasteiger partial charge in [0.15, 0.2) is 0 Å². The number of hydrogen-bond donors (Lipinski definition) is 1. The topological polar surface area (TPSA) is 70.3 Å². The SMILES string of the molecule is COc1nc(N)ncc1C#CC1COC1. The van der Waals surface area contributed by atoms with Crippen molar-refractivity contribution in [3.8, 4) is 17.7 Å². The van der Waals surface area contributed by atoms with Gasteiger partial charge < -0.3 is 15.2 Å². The zero-order valence-corrected chi connectivity index (χ0v) is 8.36. The predicted octanol–water partition coefficient (Wildman–Crippen LogP) is 0.0653. The van der Waals surface area contributed by atoms with Crippen molar-refractivity contribution in [3.63, 3.8) is 0 Å². The molecule has 0 bridgehead atoms. The first-order chi connectivity index (χ1) is 7.29. The maximum atomic E-state index is 5.43. The van der Waals surface area contributed by atoms with E-state index in [2.05, 4.69) is 21.8 Å². The molecule has 2 rings (SSSR count). The molecule has 0 amide bonds. The van der Waals surface area contributed by atoms with Crippen LogP contribution in [0, 0.1) is 17.8 Å². The molecule has 1 aliphatic rings. The lowest BCUT2D eigenvalue weighted by molar-refractivity contribution is -0.00300. The highest BCUT2D eigenvalue weighted by Crippen LogP contribution is 2.14. The lowest BCUT2D eigenvalue weighted by Crippen LogP contribution is -2.25. The molecule has 2 N–H and O–H groups in total. The number of ether oxygens (including phenoxy) is 2. The third-order valence-corrected chi connectivity index (χ3v) is 2.01. The third-order valence-electron chi connectivity index (χ3n) is 2.01. The Labute approximate surface area is 87.6 Å². The number of anilines is 1. The number of aromatic nitrogens is 2. The Bertz CT molecular complexity index is 418. The molecule has 0 aromatic carbocycles. The second-order valence-electron chi connectivity index (χ2n) is 3.15. The van der Waals surface area contributed by atoms with Gasteiger partial charge in [0, 0.05) is 0 Å². The summed E-state index contributed by atoms with van der Waals surface area (Å²) in [7, 11) is 1.53. The zero-order chi connectivity index (χ0) is 10.7. The molecule has 5 nitrogen and oxygen atoms in total. The molecule has 0 unspecified atom stereocenters. The van der Waals surface area contributed by atoms with E-state index in [0.717, 1.165) is 0 Å². The summed E-state index contributed by atoms with van der Waals surface area (Å²) < 4.78 is 10.1. The lowest BCUT2D eigenvalue weighted by Gasteiger charge is -2.19. The second kappa shape index (κ2) is 4.15. The van der Waals surface area contributed by atoms with Gasteiger partial charge in [0.05, 0.1) is 32.4 Å². The van der Waals surface area contributed by atoms with Crippen molar-refractivity contribution in [2.75, 3.05) is 26.1 Å². The van der Waals surface area contributed by atoms with Gasteiger partial charge in [-0.15, -0.1) is 0 Å². The van der Waals surface area contributed by atoms with Gasteiger partial charge in [0.1, 0.15) is 5.56 Å². The molecular weight excluding hydrogens is 194 g/mol. The average Bonchev–Trinajstić information content (AvgIpc) is 2.17. The molecule has 0 radical (unpaired) electrons. The van der Waals surface area contributed by atoms with Crippen LogP contribution in [0.15, 0.2) is 6.20 Å². The van der Waals surface area contributed by atoms with Gasteiger partial charge >= 0.3 is 0 Å². The van der Waals surface area contributed by atoms with Gasteiger partial charge in [-0.1, -0.05) is 11.8 Å². The Morgan fingerprint density at radius 2 is 2.40 bits per heavy atom. The summed E-state index contributed by atoms with van der Waals surface area (Å²) in [5.41, 5.74) is 6.08. The number of hydrogen-bond acceptors (Lipinski definition) is 5. The van der Waals surface area contributed by atoms with E-state index in [1.165, 1.54) is 7.11 Å². The Morgan fingerprint density at radius 3 is 3.00 bits per heavy atom. The summed E-state index contributed by atoms with van der Waals surface area (Å²) >= 11 is 0. The van der Waals surface area contributed by atoms with Gasteiger partial charge in [0.2, 0.25) is 11.8 Å². The maximum absolute atomic E-state index is 5.43. The van der Waals surface area contributed by atoms with Crippen LogP contribution in [-0.4, -0.2) is 30.3 Å². The number of methoxy groups -OCH3 is 1. The van der Waals surface area contributed by atoms with Crippen LogP contribution in [0.25, 0.3) is 0 Å². The highest BCUT2D eigenvalue weighted by atomic mass is 16.5. The van der Waals surface area contributed by atoms with Crippen molar-refractivity contribution in [2.45, 2.75) is 0 Å². The highest BCUT2D eigenvalue weighted by molar-refractivity contribution is 5.43. The molecule has 0 aliphatic carbocycles. The normalized spacial score (nSPS) is 15.0. The number of nitrogens with zero attached hydrogens (tertiary/aromatic N) is 2. The molecule has 1 aromatic heterocycles. The quantitative estimate of drug-likeness (QED) is 0.657. The van der Waals surface area contributed by atoms with Gasteiger partial charge in [-0.25, -0.2) is 4.98 Å². The standard InChI is InChI=1S/C10H11N3O2/c1-14-9-8(4-12-10(11)13-9)3-2-7-5-15-6-7/h4,7H,5-6H2,1H3,(H2,11,12,13). The largest absolute Gasteiger partial charge is 0.480 e. The molecule has 2 heterocycles. The van der Waals surface area contributed by atoms with Crippen LogP contribution < -0.4 is 10.5 Å². The number of nitrogens with two attached hydrogens (primary N) is 1. The Kier molecular flexibility index (Phi) is 2.70. The Morgan fingerprint density at radius 1 is 1.60 bits per heavy atom. The van der Waals surface area contributed by atoms with Crippen molar-refractivity contribution in [1.29, 1.82) is 0 Å². The molecule has 78 valence electrons. The van der Waals surface area contributed by atoms with Crippen molar-refractivity contribution in [3.05, 3.63) is 11.8 Å². The van der Waals surface area contributed by atoms with Crippen LogP contribution in [0.4, 0.5) is 5.95 Å². The van der Waals surface area contributed by atoms with Crippen molar-refractivity contribution >= 4 is 5.95 Å². The monoisotopic (exact) mass is 205 g/mol. The first-order valence-electron chi connectivity index (χ1n) is 4.55. The number of rotatable bonds is 1. The summed E-state index contributed by atoms with van der Waals surface area (Å²) in [5.74, 6) is 6.92. The third kappa shape index (κ3) is 2.17. The molecule has 1 fully saturated rings. The van der Waals surface area contributed by atoms with E-state index in [4.69, 9.17) is 15.2 Å². The molecule has 1 aromatic rings. The van der Waals surface area contributed by atoms with Crippen LogP contribution in [0.3, 0.4) is 0 Å². The van der Waals surface area contributed by atoms with E-state index in [1.54, 1.807) is 6.20 Å². The van der Waals surface area contributed by atoms with Crippen LogP contribution in [0.1, 0.15) is 5.56 Å². The van der Waals surface area contributed by atoms with E-state index in [0.29, 0.717) is 30.6 Å². The van der Waals surface area contributed by atoms with Crippen molar-refractivity contribution < 1.29 is 9.47 Å². The Hall–Kier alpha value is -1.80. The molecule has 5 heteroatoms. The molecule has 1 aliphatic heterocycles. The second-order valence-corrected chi connectivity index (χ2v) is 3.15. The summed E-state index contributed by atoms with van der Waals surface area (Å²) in [6.45, 7) is 1.40. The molecule has 15 heavy (non-hydrogen) atoms. The summed E-state index contributed by atoms with van der Waals surface area (Å²) in [4.78, 5) is 7.79. The average molecular weight is 205 g/mol. The fourth-order valence-electron chi connectivity index (χ4n) is 1.12. The van der Waals surface area contributed by atoms with Crippen LogP contribution in [0.2, 0.25) is 0 Å². The first-order valence-corrected chi connectivity index (χ1v) is 4.55. The minimum atomic E-state index is 0.185. The fourth-order valence-corrected chi connectivity index (χ4v) is 1.12. The smallest absolute Gasteiger partial charge is 0.234 e. The minimum Gasteiger partial charge on any atom is -0.480 e. The van der Waals surface area contributed by atoms with E-state index in [1.807, 2.05) is 0 Å². The van der Waals surface area contributed by atoms with E-state index < -0.39 is 0 Å². The van der Waals surface area contributed by atoms with Crippen LogP contribution in [0.5, 0.6) is 5.88 Å². The number of nitrogen functional groups attached to an aromatic ring is 1. The van der Waals surface area contributed by atoms with Crippen LogP contribution >= 0.6 is 0 Å². The van der Waals surface area contributed by atoms with Crippen molar-refractivity contribution in [1.82, 2.24) is 9.97 Å². The van der Waals surface area contributed by atoms with Gasteiger partial charge in [-0.2, -0.15) is 4.98 Å². The van der Waals surface area contributed by atoms with E-state index in [9.17, 15) is 0 Å². The lowest BCUT2D eigenvalue weighted by atomic mass is 10.1. The molecule has 0 atom stereocenters. The van der Waals surface area contributed by atoms with Crippen LogP contribution in [-0.2, 0) is 4.74 Å². The van der Waals surface area contributed by atoms with Gasteiger partial charge in [0.25, 0.3) is 0 Å². The van der Waals surface area contributed by atoms with E-state index in [-0.39, 0.29) is 5.95 Å². The molecule has 1 saturated heterocycles. The maximum Gasteiger partial charge on any atom is 0.234 e. The fraction of sp³-hybridized carbons (Fsp3) is 0.400. The molecule has 0 spiro atoms. The zero-order valence-electron chi connectivity index (χ0n) is 8.36. The summed E-state index contributed by atoms with van der Waals surface area (Å²) in [6.07, 6.45) is 1.56. The molecular formula is C10H11N3O2. The van der Waals surface area contributed by atoms with Crippen molar-refractivity contribution in [2.24, 2.45) is 5.92 Å². The molecule has 0 saturated carbocycles. The van der Waals surface area contributed by atoms with Gasteiger partial charge in [-0.05, 0) is 0 Å². The highest BCUT2D eigenvalue weighted by Gasteiger charge is 2.15. The Balaban J connectivity index is 2.21.